The van der Waals surface area contributed by atoms with E-state index in [9.17, 15) is 52.7 Å². The molecule has 0 unspecified atom stereocenters. The van der Waals surface area contributed by atoms with E-state index in [2.05, 4.69) is 0 Å². The number of fused-ring (bicyclic) bond motifs is 3. The molecule has 17 heteroatoms. The van der Waals surface area contributed by atoms with Gasteiger partial charge in [0.2, 0.25) is 0 Å². The molecule has 3 heterocycles. The summed E-state index contributed by atoms with van der Waals surface area (Å²) in [5, 5.41) is 0.303. The molecule has 0 aliphatic carbocycles. The average molecular weight is 1130 g/mol. The van der Waals surface area contributed by atoms with E-state index in [0.29, 0.717) is 63.9 Å². The highest BCUT2D eigenvalue weighted by Crippen LogP contribution is 2.45. The molecule has 0 fully saturated rings. The molecule has 0 N–H and O–H groups in total. The Morgan fingerprint density at radius 2 is 0.566 bits per heavy atom. The van der Waals surface area contributed by atoms with Crippen molar-refractivity contribution in [2.24, 2.45) is 0 Å². The molecular weight excluding hydrogens is 1090 g/mol. The monoisotopic (exact) mass is 1130 g/mol. The van der Waals surface area contributed by atoms with Gasteiger partial charge < -0.3 is 4.57 Å². The van der Waals surface area contributed by atoms with E-state index in [1.165, 1.54) is 36.4 Å². The zero-order valence-corrected chi connectivity index (χ0v) is 42.6. The molecule has 12 rings (SSSR count). The lowest BCUT2D eigenvalue weighted by atomic mass is 9.96. The molecule has 83 heavy (non-hydrogen) atoms. The fourth-order valence-corrected chi connectivity index (χ4v) is 10.1. The molecule has 0 aliphatic heterocycles. The predicted octanol–water partition coefficient (Wildman–Crippen LogP) is 19.8. The van der Waals surface area contributed by atoms with Crippen LogP contribution in [0.25, 0.3) is 118 Å². The van der Waals surface area contributed by atoms with Gasteiger partial charge >= 0.3 is 24.7 Å². The second kappa shape index (κ2) is 20.6. The van der Waals surface area contributed by atoms with Crippen LogP contribution < -0.4 is 0 Å². The Kier molecular flexibility index (Phi) is 13.3. The zero-order chi connectivity index (χ0) is 58.0. The third-order valence-corrected chi connectivity index (χ3v) is 14.1. The highest BCUT2D eigenvalue weighted by molar-refractivity contribution is 6.12. The van der Waals surface area contributed by atoms with Crippen LogP contribution in [-0.2, 0) is 24.7 Å². The van der Waals surface area contributed by atoms with Crippen molar-refractivity contribution in [3.8, 4) is 95.7 Å². The first-order valence-electron chi connectivity index (χ1n) is 25.5. The van der Waals surface area contributed by atoms with Crippen LogP contribution in [0.2, 0.25) is 0 Å². The molecule has 0 saturated carbocycles. The van der Waals surface area contributed by atoms with Gasteiger partial charge in [0.15, 0.2) is 11.6 Å². The Bertz CT molecular complexity index is 4110. The highest BCUT2D eigenvalue weighted by Gasteiger charge is 2.39. The van der Waals surface area contributed by atoms with Gasteiger partial charge in [0, 0.05) is 44.2 Å². The molecule has 12 aromatic rings. The summed E-state index contributed by atoms with van der Waals surface area (Å²) in [4.78, 5) is 20.5. The third-order valence-electron chi connectivity index (χ3n) is 14.1. The summed E-state index contributed by atoms with van der Waals surface area (Å²) < 4.78 is 174. The smallest absolute Gasteiger partial charge is 0.308 e. The fraction of sp³-hybridized carbons (Fsp3) is 0.0606. The fourth-order valence-electron chi connectivity index (χ4n) is 10.1. The molecular formula is C66H37F12N5. The largest absolute Gasteiger partial charge is 0.416 e. The molecule has 0 atom stereocenters. The lowest BCUT2D eigenvalue weighted by Gasteiger charge is -2.17. The van der Waals surface area contributed by atoms with E-state index < -0.39 is 58.1 Å². The minimum Gasteiger partial charge on any atom is -0.308 e. The first-order chi connectivity index (χ1) is 39.6. The quantitative estimate of drug-likeness (QED) is 0.135. The summed E-state index contributed by atoms with van der Waals surface area (Å²) >= 11 is 0. The van der Waals surface area contributed by atoms with Crippen LogP contribution in [0.15, 0.2) is 224 Å². The van der Waals surface area contributed by atoms with E-state index in [1.807, 2.05) is 133 Å². The van der Waals surface area contributed by atoms with Gasteiger partial charge in [-0.1, -0.05) is 133 Å². The second-order valence-corrected chi connectivity index (χ2v) is 19.5. The first kappa shape index (κ1) is 53.7. The van der Waals surface area contributed by atoms with Crippen LogP contribution in [-0.4, -0.2) is 24.5 Å². The SMILES string of the molecule is FC(F)(F)c1cc(-c2ccc3c(c2)c2cc(-c4cc(C(F)(F)F)cc(C(F)(F)F)c4)ccc2n3-c2ccc(-c3nc(-c4ccccc4)cc(-c4ccccc4)n3)cc2-c2nc(-c3ccccc3)cc(-c3ccccc3)n2)cc(C(F)(F)F)c1. The third kappa shape index (κ3) is 10.8. The van der Waals surface area contributed by atoms with Crippen LogP contribution in [0.3, 0.4) is 0 Å². The van der Waals surface area contributed by atoms with Gasteiger partial charge in [-0.3, -0.25) is 0 Å². The van der Waals surface area contributed by atoms with Crippen molar-refractivity contribution in [2.45, 2.75) is 24.7 Å². The molecule has 0 spiro atoms. The van der Waals surface area contributed by atoms with Crippen LogP contribution in [0, 0.1) is 0 Å². The lowest BCUT2D eigenvalue weighted by molar-refractivity contribution is -0.144. The van der Waals surface area contributed by atoms with Gasteiger partial charge in [0.25, 0.3) is 0 Å². The number of benzene rings is 9. The van der Waals surface area contributed by atoms with Crippen molar-refractivity contribution in [3.63, 3.8) is 0 Å². The van der Waals surface area contributed by atoms with E-state index in [4.69, 9.17) is 19.9 Å². The van der Waals surface area contributed by atoms with E-state index in [-0.39, 0.29) is 56.7 Å². The topological polar surface area (TPSA) is 56.5 Å². The van der Waals surface area contributed by atoms with Crippen molar-refractivity contribution in [1.82, 2.24) is 24.5 Å². The Morgan fingerprint density at radius 1 is 0.253 bits per heavy atom. The molecule has 5 nitrogen and oxygen atoms in total. The number of hydrogen-bond acceptors (Lipinski definition) is 4. The van der Waals surface area contributed by atoms with E-state index in [1.54, 1.807) is 22.8 Å². The van der Waals surface area contributed by atoms with Crippen molar-refractivity contribution >= 4 is 21.8 Å². The summed E-state index contributed by atoms with van der Waals surface area (Å²) in [6, 6.07) is 57.0. The summed E-state index contributed by atoms with van der Waals surface area (Å²) in [6.07, 6.45) is -20.8. The molecule has 3 aromatic heterocycles. The highest BCUT2D eigenvalue weighted by atomic mass is 19.4. The first-order valence-corrected chi connectivity index (χ1v) is 25.5. The standard InChI is InChI=1S/C66H37F12N5/c67-63(68,69)47-27-45(28-48(34-47)64(70,71)72)42-21-24-58-51(31-42)52-32-43(46-29-49(65(73,74)75)35-50(30-46)66(76,77)78)22-25-59(52)83(58)60-26-23-44(61-79-54(38-13-5-1-6-14-38)36-55(80-61)39-15-7-2-8-16-39)33-53(60)62-81-56(40-17-9-3-10-18-40)37-57(82-62)41-19-11-4-12-20-41/h1-37H. The number of alkyl halides is 12. The number of halogens is 12. The van der Waals surface area contributed by atoms with Crippen LogP contribution in [0.4, 0.5) is 52.7 Å². The van der Waals surface area contributed by atoms with Gasteiger partial charge in [-0.25, -0.2) is 19.9 Å². The van der Waals surface area contributed by atoms with E-state index in [0.717, 1.165) is 22.3 Å². The Hall–Kier alpha value is -9.90. The van der Waals surface area contributed by atoms with E-state index >= 15 is 0 Å². The number of hydrogen-bond donors (Lipinski definition) is 0. The summed E-state index contributed by atoms with van der Waals surface area (Å²) in [6.45, 7) is 0. The molecule has 410 valence electrons. The molecule has 0 saturated heterocycles. The number of nitrogens with zero attached hydrogens (tertiary/aromatic N) is 5. The van der Waals surface area contributed by atoms with Crippen LogP contribution >= 0.6 is 0 Å². The van der Waals surface area contributed by atoms with Crippen molar-refractivity contribution in [1.29, 1.82) is 0 Å². The van der Waals surface area contributed by atoms with Gasteiger partial charge in [0.05, 0.1) is 61.8 Å². The molecule has 0 bridgehead atoms. The normalized spacial score (nSPS) is 12.3. The minimum absolute atomic E-state index is 0.000851. The Balaban J connectivity index is 1.17. The van der Waals surface area contributed by atoms with Crippen LogP contribution in [0.1, 0.15) is 22.3 Å². The van der Waals surface area contributed by atoms with Gasteiger partial charge in [-0.2, -0.15) is 52.7 Å². The minimum atomic E-state index is -5.20. The number of rotatable bonds is 9. The molecule has 0 aliphatic rings. The van der Waals surface area contributed by atoms with Gasteiger partial charge in [-0.05, 0) is 113 Å². The van der Waals surface area contributed by atoms with Gasteiger partial charge in [-0.15, -0.1) is 0 Å². The number of aromatic nitrogens is 5. The lowest BCUT2D eigenvalue weighted by Crippen LogP contribution is -2.11. The summed E-state index contributed by atoms with van der Waals surface area (Å²) in [5.41, 5.74) is -0.566. The molecule has 9 aromatic carbocycles. The maximum Gasteiger partial charge on any atom is 0.416 e. The zero-order valence-electron chi connectivity index (χ0n) is 42.6. The Labute approximate surface area is 464 Å². The second-order valence-electron chi connectivity index (χ2n) is 19.5. The maximum absolute atomic E-state index is 14.3. The van der Waals surface area contributed by atoms with Crippen molar-refractivity contribution in [3.05, 3.63) is 247 Å². The van der Waals surface area contributed by atoms with Crippen molar-refractivity contribution in [2.75, 3.05) is 0 Å². The maximum atomic E-state index is 14.3. The average Bonchev–Trinajstić information content (AvgIpc) is 2.24. The Morgan fingerprint density at radius 3 is 0.892 bits per heavy atom. The molecule has 0 amide bonds. The summed E-state index contributed by atoms with van der Waals surface area (Å²) in [5.74, 6) is 0.454. The summed E-state index contributed by atoms with van der Waals surface area (Å²) in [7, 11) is 0. The molecule has 0 radical (unpaired) electrons. The van der Waals surface area contributed by atoms with Crippen molar-refractivity contribution < 1.29 is 52.7 Å². The predicted molar refractivity (Wildman–Crippen MR) is 295 cm³/mol. The van der Waals surface area contributed by atoms with Gasteiger partial charge in [0.1, 0.15) is 0 Å². The van der Waals surface area contributed by atoms with Crippen LogP contribution in [0.5, 0.6) is 0 Å².